The van der Waals surface area contributed by atoms with Crippen LogP contribution < -0.4 is 11.1 Å². The van der Waals surface area contributed by atoms with E-state index in [0.717, 1.165) is 6.42 Å². The normalized spacial score (nSPS) is 23.2. The van der Waals surface area contributed by atoms with Gasteiger partial charge in [-0.05, 0) is 20.3 Å². The molecule has 0 radical (unpaired) electrons. The highest BCUT2D eigenvalue weighted by Gasteiger charge is 2.27. The molecule has 1 unspecified atom stereocenters. The van der Waals surface area contributed by atoms with Gasteiger partial charge in [0.15, 0.2) is 0 Å². The molecule has 3 N–H and O–H groups in total. The minimum atomic E-state index is -0.306. The molecule has 1 amide bonds. The Balaban J connectivity index is 2.40. The van der Waals surface area contributed by atoms with Crippen molar-refractivity contribution >= 4 is 5.91 Å². The summed E-state index contributed by atoms with van der Waals surface area (Å²) in [6.07, 6.45) is 0.826. The average Bonchev–Trinajstić information content (AvgIpc) is 2.55. The molecule has 0 aliphatic carbocycles. The van der Waals surface area contributed by atoms with Crippen LogP contribution >= 0.6 is 0 Å². The summed E-state index contributed by atoms with van der Waals surface area (Å²) in [6, 6.07) is 0. The number of amides is 1. The van der Waals surface area contributed by atoms with Crippen molar-refractivity contribution in [3.8, 4) is 0 Å². The molecule has 0 aromatic rings. The number of carbonyl (C=O) groups excluding carboxylic acids is 1. The predicted octanol–water partition coefficient (Wildman–Crippen LogP) is -0.124. The monoisotopic (exact) mass is 186 g/mol. The van der Waals surface area contributed by atoms with Crippen molar-refractivity contribution in [2.24, 2.45) is 11.7 Å². The Morgan fingerprint density at radius 1 is 1.69 bits per heavy atom. The van der Waals surface area contributed by atoms with Crippen molar-refractivity contribution in [2.75, 3.05) is 19.8 Å². The molecule has 4 heteroatoms. The second kappa shape index (κ2) is 4.07. The lowest BCUT2D eigenvalue weighted by molar-refractivity contribution is -0.126. The third-order valence-electron chi connectivity index (χ3n) is 2.27. The number of ether oxygens (including phenoxy) is 1. The fraction of sp³-hybridized carbons (Fsp3) is 0.889. The number of nitrogens with two attached hydrogens (primary N) is 1. The third-order valence-corrected chi connectivity index (χ3v) is 2.27. The van der Waals surface area contributed by atoms with Crippen molar-refractivity contribution < 1.29 is 9.53 Å². The molecule has 0 spiro atoms. The molecule has 76 valence electrons. The Bertz CT molecular complexity index is 186. The van der Waals surface area contributed by atoms with Crippen LogP contribution in [0.1, 0.15) is 20.3 Å². The van der Waals surface area contributed by atoms with Gasteiger partial charge in [-0.25, -0.2) is 0 Å². The van der Waals surface area contributed by atoms with Crippen molar-refractivity contribution in [2.45, 2.75) is 25.8 Å². The van der Waals surface area contributed by atoms with E-state index in [0.29, 0.717) is 19.8 Å². The smallest absolute Gasteiger partial charge is 0.225 e. The van der Waals surface area contributed by atoms with Crippen molar-refractivity contribution in [3.05, 3.63) is 0 Å². The minimum Gasteiger partial charge on any atom is -0.381 e. The molecule has 1 atom stereocenters. The molecule has 1 rings (SSSR count). The van der Waals surface area contributed by atoms with Crippen LogP contribution in [0.15, 0.2) is 0 Å². The number of carbonyl (C=O) groups is 1. The summed E-state index contributed by atoms with van der Waals surface area (Å²) in [5.74, 6) is 0.0822. The molecular weight excluding hydrogens is 168 g/mol. The molecule has 0 bridgehead atoms. The fourth-order valence-electron chi connectivity index (χ4n) is 1.23. The van der Waals surface area contributed by atoms with Gasteiger partial charge in [0.05, 0.1) is 12.5 Å². The van der Waals surface area contributed by atoms with Crippen molar-refractivity contribution in [1.29, 1.82) is 0 Å². The molecular formula is C9H18N2O2. The maximum atomic E-state index is 11.6. The van der Waals surface area contributed by atoms with Gasteiger partial charge in [-0.3, -0.25) is 4.79 Å². The zero-order valence-electron chi connectivity index (χ0n) is 8.30. The first-order chi connectivity index (χ1) is 6.05. The summed E-state index contributed by atoms with van der Waals surface area (Å²) in [7, 11) is 0. The summed E-state index contributed by atoms with van der Waals surface area (Å²) >= 11 is 0. The first-order valence-electron chi connectivity index (χ1n) is 4.65. The first-order valence-corrected chi connectivity index (χ1v) is 4.65. The van der Waals surface area contributed by atoms with Gasteiger partial charge in [0.25, 0.3) is 0 Å². The van der Waals surface area contributed by atoms with Crippen LogP contribution in [0.3, 0.4) is 0 Å². The standard InChI is InChI=1S/C9H18N2O2/c1-9(2,6-10)11-8(12)7-3-4-13-5-7/h7H,3-6,10H2,1-2H3,(H,11,12). The molecule has 1 saturated heterocycles. The molecule has 0 aromatic heterocycles. The molecule has 0 saturated carbocycles. The second-order valence-electron chi connectivity index (χ2n) is 4.14. The van der Waals surface area contributed by atoms with Gasteiger partial charge in [-0.1, -0.05) is 0 Å². The van der Waals surface area contributed by atoms with Crippen LogP contribution in [0.4, 0.5) is 0 Å². The number of hydrogen-bond donors (Lipinski definition) is 2. The number of nitrogens with one attached hydrogen (secondary N) is 1. The first kappa shape index (κ1) is 10.5. The maximum Gasteiger partial charge on any atom is 0.225 e. The van der Waals surface area contributed by atoms with Crippen molar-refractivity contribution in [1.82, 2.24) is 5.32 Å². The van der Waals surface area contributed by atoms with E-state index in [1.807, 2.05) is 13.8 Å². The van der Waals surface area contributed by atoms with E-state index in [1.54, 1.807) is 0 Å². The number of hydrogen-bond acceptors (Lipinski definition) is 3. The molecule has 4 nitrogen and oxygen atoms in total. The topological polar surface area (TPSA) is 64.3 Å². The van der Waals surface area contributed by atoms with Gasteiger partial charge < -0.3 is 15.8 Å². The summed E-state index contributed by atoms with van der Waals surface area (Å²) in [5.41, 5.74) is 5.20. The molecule has 1 fully saturated rings. The van der Waals surface area contributed by atoms with Gasteiger partial charge in [-0.2, -0.15) is 0 Å². The Morgan fingerprint density at radius 2 is 2.38 bits per heavy atom. The lowest BCUT2D eigenvalue weighted by Crippen LogP contribution is -2.50. The van der Waals surface area contributed by atoms with E-state index in [9.17, 15) is 4.79 Å². The van der Waals surface area contributed by atoms with Gasteiger partial charge >= 0.3 is 0 Å². The summed E-state index contributed by atoms with van der Waals surface area (Å²) in [4.78, 5) is 11.6. The molecule has 1 aliphatic rings. The lowest BCUT2D eigenvalue weighted by Gasteiger charge is -2.25. The molecule has 13 heavy (non-hydrogen) atoms. The minimum absolute atomic E-state index is 0.0193. The van der Waals surface area contributed by atoms with Gasteiger partial charge in [-0.15, -0.1) is 0 Å². The highest BCUT2D eigenvalue weighted by molar-refractivity contribution is 5.79. The Kier molecular flexibility index (Phi) is 3.27. The largest absolute Gasteiger partial charge is 0.381 e. The van der Waals surface area contributed by atoms with E-state index < -0.39 is 0 Å². The van der Waals surface area contributed by atoms with Gasteiger partial charge in [0.1, 0.15) is 0 Å². The summed E-state index contributed by atoms with van der Waals surface area (Å²) < 4.78 is 5.13. The zero-order chi connectivity index (χ0) is 9.90. The quantitative estimate of drug-likeness (QED) is 0.645. The molecule has 1 heterocycles. The second-order valence-corrected chi connectivity index (χ2v) is 4.14. The van der Waals surface area contributed by atoms with Crippen LogP contribution in [0, 0.1) is 5.92 Å². The van der Waals surface area contributed by atoms with Crippen LogP contribution in [-0.2, 0) is 9.53 Å². The Hall–Kier alpha value is -0.610. The van der Waals surface area contributed by atoms with E-state index >= 15 is 0 Å². The van der Waals surface area contributed by atoms with E-state index in [4.69, 9.17) is 10.5 Å². The van der Waals surface area contributed by atoms with Crippen LogP contribution in [0.25, 0.3) is 0 Å². The van der Waals surface area contributed by atoms with E-state index in [2.05, 4.69) is 5.32 Å². The summed E-state index contributed by atoms with van der Waals surface area (Å²) in [5, 5.41) is 2.90. The van der Waals surface area contributed by atoms with Gasteiger partial charge in [0, 0.05) is 18.7 Å². The molecule has 1 aliphatic heterocycles. The van der Waals surface area contributed by atoms with Gasteiger partial charge in [0.2, 0.25) is 5.91 Å². The average molecular weight is 186 g/mol. The highest BCUT2D eigenvalue weighted by Crippen LogP contribution is 2.13. The molecule has 0 aromatic carbocycles. The maximum absolute atomic E-state index is 11.6. The zero-order valence-corrected chi connectivity index (χ0v) is 8.30. The van der Waals surface area contributed by atoms with Crippen LogP contribution in [-0.4, -0.2) is 31.2 Å². The highest BCUT2D eigenvalue weighted by atomic mass is 16.5. The van der Waals surface area contributed by atoms with E-state index in [-0.39, 0.29) is 17.4 Å². The Labute approximate surface area is 78.8 Å². The number of rotatable bonds is 3. The van der Waals surface area contributed by atoms with Crippen molar-refractivity contribution in [3.63, 3.8) is 0 Å². The predicted molar refractivity (Wildman–Crippen MR) is 50.2 cm³/mol. The third kappa shape index (κ3) is 2.97. The lowest BCUT2D eigenvalue weighted by atomic mass is 10.0. The van der Waals surface area contributed by atoms with Crippen LogP contribution in [0.5, 0.6) is 0 Å². The Morgan fingerprint density at radius 3 is 2.85 bits per heavy atom. The SMILES string of the molecule is CC(C)(CN)NC(=O)C1CCOC1. The van der Waals surface area contributed by atoms with Crippen LogP contribution in [0.2, 0.25) is 0 Å². The summed E-state index contributed by atoms with van der Waals surface area (Å²) in [6.45, 7) is 5.53. The van der Waals surface area contributed by atoms with E-state index in [1.165, 1.54) is 0 Å². The fourth-order valence-corrected chi connectivity index (χ4v) is 1.23.